The van der Waals surface area contributed by atoms with Crippen LogP contribution in [0, 0.1) is 0 Å². The molecule has 17 heavy (non-hydrogen) atoms. The maximum atomic E-state index is 11.7. The highest BCUT2D eigenvalue weighted by atomic mass is 32.2. The Morgan fingerprint density at radius 1 is 1.47 bits per heavy atom. The van der Waals surface area contributed by atoms with Crippen molar-refractivity contribution in [3.05, 3.63) is 0 Å². The lowest BCUT2D eigenvalue weighted by Crippen LogP contribution is -2.25. The van der Waals surface area contributed by atoms with Gasteiger partial charge in [0.2, 0.25) is 0 Å². The van der Waals surface area contributed by atoms with Crippen LogP contribution in [0.15, 0.2) is 0 Å². The summed E-state index contributed by atoms with van der Waals surface area (Å²) in [6.45, 7) is 6.25. The van der Waals surface area contributed by atoms with E-state index in [0.29, 0.717) is 11.5 Å². The van der Waals surface area contributed by atoms with Gasteiger partial charge >= 0.3 is 5.97 Å². The fourth-order valence-electron chi connectivity index (χ4n) is 1.66. The highest BCUT2D eigenvalue weighted by molar-refractivity contribution is 7.85. The Hall–Kier alpha value is -0.420. The van der Waals surface area contributed by atoms with Gasteiger partial charge in [0.25, 0.3) is 0 Å². The molecular formula is C12H22O4S. The van der Waals surface area contributed by atoms with E-state index in [4.69, 9.17) is 9.47 Å². The van der Waals surface area contributed by atoms with Gasteiger partial charge in [0.05, 0.1) is 12.5 Å². The molecule has 1 heterocycles. The quantitative estimate of drug-likeness (QED) is 0.707. The van der Waals surface area contributed by atoms with Crippen LogP contribution in [0.3, 0.4) is 0 Å². The van der Waals surface area contributed by atoms with Gasteiger partial charge in [-0.15, -0.1) is 0 Å². The molecule has 0 amide bonds. The molecule has 0 aromatic heterocycles. The summed E-state index contributed by atoms with van der Waals surface area (Å²) in [5.41, 5.74) is -0.465. The smallest absolute Gasteiger partial charge is 0.307 e. The van der Waals surface area contributed by atoms with E-state index in [-0.39, 0.29) is 18.5 Å². The first-order chi connectivity index (χ1) is 7.87. The van der Waals surface area contributed by atoms with Crippen molar-refractivity contribution in [3.8, 4) is 0 Å². The molecule has 0 bridgehead atoms. The largest absolute Gasteiger partial charge is 0.460 e. The van der Waals surface area contributed by atoms with Crippen molar-refractivity contribution in [2.24, 2.45) is 0 Å². The van der Waals surface area contributed by atoms with Crippen molar-refractivity contribution < 1.29 is 18.5 Å². The molecule has 1 rings (SSSR count). The number of ether oxygens (including phenoxy) is 2. The van der Waals surface area contributed by atoms with Crippen molar-refractivity contribution in [2.75, 3.05) is 18.1 Å². The molecule has 1 saturated heterocycles. The van der Waals surface area contributed by atoms with Gasteiger partial charge in [0.15, 0.2) is 0 Å². The van der Waals surface area contributed by atoms with E-state index in [1.807, 2.05) is 20.8 Å². The summed E-state index contributed by atoms with van der Waals surface area (Å²) in [6, 6.07) is 0. The molecule has 2 atom stereocenters. The minimum Gasteiger partial charge on any atom is -0.460 e. The lowest BCUT2D eigenvalue weighted by Gasteiger charge is -2.19. The van der Waals surface area contributed by atoms with Crippen LogP contribution in [0.5, 0.6) is 0 Å². The van der Waals surface area contributed by atoms with Crippen molar-refractivity contribution in [2.45, 2.75) is 51.7 Å². The van der Waals surface area contributed by atoms with Crippen molar-refractivity contribution >= 4 is 16.8 Å². The zero-order valence-corrected chi connectivity index (χ0v) is 11.7. The van der Waals surface area contributed by atoms with E-state index < -0.39 is 16.4 Å². The fourth-order valence-corrected chi connectivity index (χ4v) is 2.89. The molecule has 0 aromatic rings. The average molecular weight is 262 g/mol. The van der Waals surface area contributed by atoms with Crippen LogP contribution in [0.2, 0.25) is 0 Å². The molecule has 1 fully saturated rings. The van der Waals surface area contributed by atoms with Crippen LogP contribution < -0.4 is 0 Å². The van der Waals surface area contributed by atoms with E-state index in [1.54, 1.807) is 0 Å². The van der Waals surface area contributed by atoms with E-state index in [0.717, 1.165) is 19.4 Å². The lowest BCUT2D eigenvalue weighted by molar-refractivity contribution is -0.154. The predicted octanol–water partition coefficient (Wildman–Crippen LogP) is 1.65. The normalized spacial score (nSPS) is 22.4. The second-order valence-corrected chi connectivity index (χ2v) is 6.90. The minimum absolute atomic E-state index is 0.120. The minimum atomic E-state index is -0.985. The van der Waals surface area contributed by atoms with E-state index in [2.05, 4.69) is 0 Å². The SMILES string of the molecule is CC(C)(C)OC(=O)CCS(=O)CC1CCCO1. The van der Waals surface area contributed by atoms with Gasteiger partial charge in [-0.25, -0.2) is 0 Å². The molecular weight excluding hydrogens is 240 g/mol. The highest BCUT2D eigenvalue weighted by Crippen LogP contribution is 2.13. The summed E-state index contributed by atoms with van der Waals surface area (Å²) in [7, 11) is -0.985. The molecule has 0 saturated carbocycles. The monoisotopic (exact) mass is 262 g/mol. The summed E-state index contributed by atoms with van der Waals surface area (Å²) in [5.74, 6) is 0.635. The van der Waals surface area contributed by atoms with Crippen LogP contribution in [0.1, 0.15) is 40.0 Å². The summed E-state index contributed by atoms with van der Waals surface area (Å²) in [4.78, 5) is 11.4. The standard InChI is InChI=1S/C12H22O4S/c1-12(2,3)16-11(13)6-8-17(14)9-10-5-4-7-15-10/h10H,4-9H2,1-3H3. The zero-order chi connectivity index (χ0) is 12.9. The van der Waals surface area contributed by atoms with Gasteiger partial charge in [-0.05, 0) is 33.6 Å². The van der Waals surface area contributed by atoms with Gasteiger partial charge in [0.1, 0.15) is 5.60 Å². The zero-order valence-electron chi connectivity index (χ0n) is 10.9. The first kappa shape index (κ1) is 14.6. The number of hydrogen-bond donors (Lipinski definition) is 0. The Kier molecular flexibility index (Phi) is 5.59. The number of esters is 1. The number of hydrogen-bond acceptors (Lipinski definition) is 4. The van der Waals surface area contributed by atoms with Crippen LogP contribution in [0.4, 0.5) is 0 Å². The fraction of sp³-hybridized carbons (Fsp3) is 0.917. The van der Waals surface area contributed by atoms with Gasteiger partial charge in [-0.1, -0.05) is 0 Å². The van der Waals surface area contributed by atoms with Crippen LogP contribution in [-0.4, -0.2) is 40.0 Å². The maximum absolute atomic E-state index is 11.7. The molecule has 1 aliphatic heterocycles. The van der Waals surface area contributed by atoms with Crippen LogP contribution >= 0.6 is 0 Å². The van der Waals surface area contributed by atoms with Crippen molar-refractivity contribution in [1.82, 2.24) is 0 Å². The number of carbonyl (C=O) groups excluding carboxylic acids is 1. The van der Waals surface area contributed by atoms with Crippen molar-refractivity contribution in [1.29, 1.82) is 0 Å². The molecule has 0 N–H and O–H groups in total. The molecule has 0 aliphatic carbocycles. The van der Waals surface area contributed by atoms with Gasteiger partial charge in [-0.3, -0.25) is 9.00 Å². The summed E-state index contributed by atoms with van der Waals surface area (Å²) in [6.07, 6.45) is 2.37. The summed E-state index contributed by atoms with van der Waals surface area (Å²) in [5, 5.41) is 0. The highest BCUT2D eigenvalue weighted by Gasteiger charge is 2.20. The van der Waals surface area contributed by atoms with E-state index >= 15 is 0 Å². The Bertz CT molecular complexity index is 277. The topological polar surface area (TPSA) is 52.6 Å². The number of carbonyl (C=O) groups is 1. The molecule has 100 valence electrons. The first-order valence-corrected chi connectivity index (χ1v) is 7.54. The summed E-state index contributed by atoms with van der Waals surface area (Å²) >= 11 is 0. The Morgan fingerprint density at radius 2 is 2.18 bits per heavy atom. The van der Waals surface area contributed by atoms with Gasteiger partial charge in [0, 0.05) is 28.9 Å². The van der Waals surface area contributed by atoms with E-state index in [9.17, 15) is 9.00 Å². The molecule has 0 radical (unpaired) electrons. The third-order valence-electron chi connectivity index (χ3n) is 2.35. The van der Waals surface area contributed by atoms with Gasteiger partial charge < -0.3 is 9.47 Å². The number of rotatable bonds is 5. The molecule has 5 heteroatoms. The third kappa shape index (κ3) is 6.78. The molecule has 0 spiro atoms. The lowest BCUT2D eigenvalue weighted by atomic mass is 10.2. The molecule has 1 aliphatic rings. The second kappa shape index (κ2) is 6.50. The third-order valence-corrected chi connectivity index (χ3v) is 3.75. The molecule has 4 nitrogen and oxygen atoms in total. The van der Waals surface area contributed by atoms with Gasteiger partial charge in [-0.2, -0.15) is 0 Å². The second-order valence-electron chi connectivity index (χ2n) is 5.28. The summed E-state index contributed by atoms with van der Waals surface area (Å²) < 4.78 is 22.2. The first-order valence-electron chi connectivity index (χ1n) is 6.05. The van der Waals surface area contributed by atoms with Crippen LogP contribution in [-0.2, 0) is 25.1 Å². The average Bonchev–Trinajstić information content (AvgIpc) is 2.64. The maximum Gasteiger partial charge on any atom is 0.307 e. The predicted molar refractivity (Wildman–Crippen MR) is 67.3 cm³/mol. The molecule has 0 aromatic carbocycles. The van der Waals surface area contributed by atoms with E-state index in [1.165, 1.54) is 0 Å². The Balaban J connectivity index is 2.16. The Morgan fingerprint density at radius 3 is 2.71 bits per heavy atom. The Labute approximate surface area is 106 Å². The van der Waals surface area contributed by atoms with Crippen molar-refractivity contribution in [3.63, 3.8) is 0 Å². The molecule has 2 unspecified atom stereocenters. The van der Waals surface area contributed by atoms with Crippen LogP contribution in [0.25, 0.3) is 0 Å².